The highest BCUT2D eigenvalue weighted by atomic mass is 19.3. The summed E-state index contributed by atoms with van der Waals surface area (Å²) in [6.45, 7) is -0.197. The molecule has 3 aromatic rings. The lowest BCUT2D eigenvalue weighted by Crippen LogP contribution is -2.41. The molecule has 0 saturated carbocycles. The van der Waals surface area contributed by atoms with Gasteiger partial charge >= 0.3 is 6.55 Å². The predicted molar refractivity (Wildman–Crippen MR) is 90.1 cm³/mol. The van der Waals surface area contributed by atoms with Crippen molar-refractivity contribution in [1.82, 2.24) is 25.1 Å². The number of nitrogens with zero attached hydrogens (tertiary/aromatic N) is 4. The largest absolute Gasteiger partial charge is 0.474 e. The molecule has 7 nitrogen and oxygen atoms in total. The molecule has 136 valence electrons. The summed E-state index contributed by atoms with van der Waals surface area (Å²) in [7, 11) is 0. The van der Waals surface area contributed by atoms with Crippen LogP contribution in [0, 0.1) is 0 Å². The summed E-state index contributed by atoms with van der Waals surface area (Å²) in [4.78, 5) is 8.82. The van der Waals surface area contributed by atoms with E-state index < -0.39 is 6.55 Å². The van der Waals surface area contributed by atoms with E-state index in [4.69, 9.17) is 9.47 Å². The molecular formula is C17H17F2N5O2. The SMILES string of the molecule is FC(F)n1cc(-c2cc3ncccc3c(OC[C@@H]3CNCCO3)n2)cn1. The second-order valence-corrected chi connectivity index (χ2v) is 5.88. The van der Waals surface area contributed by atoms with E-state index in [1.807, 2.05) is 6.07 Å². The van der Waals surface area contributed by atoms with Gasteiger partial charge in [-0.25, -0.2) is 9.67 Å². The second-order valence-electron chi connectivity index (χ2n) is 5.88. The summed E-state index contributed by atoms with van der Waals surface area (Å²) in [5.74, 6) is 0.393. The number of hydrogen-bond donors (Lipinski definition) is 1. The number of nitrogens with one attached hydrogen (secondary N) is 1. The number of aromatic nitrogens is 4. The molecule has 4 heterocycles. The highest BCUT2D eigenvalue weighted by molar-refractivity contribution is 5.86. The van der Waals surface area contributed by atoms with Crippen LogP contribution in [0.15, 0.2) is 36.8 Å². The van der Waals surface area contributed by atoms with Crippen LogP contribution in [0.1, 0.15) is 6.55 Å². The molecule has 4 rings (SSSR count). The normalized spacial score (nSPS) is 17.7. The maximum absolute atomic E-state index is 12.8. The first kappa shape index (κ1) is 16.8. The first-order valence-electron chi connectivity index (χ1n) is 8.24. The number of pyridine rings is 2. The maximum atomic E-state index is 12.8. The van der Waals surface area contributed by atoms with Gasteiger partial charge in [0, 0.05) is 31.0 Å². The molecule has 1 aliphatic rings. The van der Waals surface area contributed by atoms with Gasteiger partial charge in [0.15, 0.2) is 0 Å². The Balaban J connectivity index is 1.65. The Morgan fingerprint density at radius 3 is 3.12 bits per heavy atom. The Labute approximate surface area is 148 Å². The predicted octanol–water partition coefficient (Wildman–Crippen LogP) is 2.26. The quantitative estimate of drug-likeness (QED) is 0.751. The molecule has 0 spiro atoms. The van der Waals surface area contributed by atoms with Crippen molar-refractivity contribution in [3.63, 3.8) is 0 Å². The number of rotatable bonds is 5. The molecule has 1 atom stereocenters. The fourth-order valence-corrected chi connectivity index (χ4v) is 2.78. The number of ether oxygens (including phenoxy) is 2. The van der Waals surface area contributed by atoms with Gasteiger partial charge in [-0.2, -0.15) is 13.9 Å². The van der Waals surface area contributed by atoms with Crippen LogP contribution in [-0.2, 0) is 4.74 Å². The van der Waals surface area contributed by atoms with E-state index in [1.165, 1.54) is 12.4 Å². The lowest BCUT2D eigenvalue weighted by atomic mass is 10.2. The fraction of sp³-hybridized carbons (Fsp3) is 0.353. The molecule has 1 aliphatic heterocycles. The van der Waals surface area contributed by atoms with E-state index in [2.05, 4.69) is 20.4 Å². The monoisotopic (exact) mass is 361 g/mol. The van der Waals surface area contributed by atoms with Gasteiger partial charge in [-0.05, 0) is 18.2 Å². The highest BCUT2D eigenvalue weighted by Gasteiger charge is 2.17. The van der Waals surface area contributed by atoms with E-state index in [-0.39, 0.29) is 6.10 Å². The Kier molecular flexibility index (Phi) is 4.72. The van der Waals surface area contributed by atoms with Gasteiger partial charge in [0.1, 0.15) is 12.7 Å². The van der Waals surface area contributed by atoms with E-state index in [0.717, 1.165) is 11.9 Å². The third-order valence-corrected chi connectivity index (χ3v) is 4.07. The summed E-state index contributed by atoms with van der Waals surface area (Å²) in [6, 6.07) is 5.38. The molecule has 3 aromatic heterocycles. The van der Waals surface area contributed by atoms with Crippen LogP contribution in [-0.4, -0.2) is 52.2 Å². The van der Waals surface area contributed by atoms with Gasteiger partial charge in [0.05, 0.1) is 29.4 Å². The second kappa shape index (κ2) is 7.30. The molecule has 0 aliphatic carbocycles. The lowest BCUT2D eigenvalue weighted by Gasteiger charge is -2.23. The standard InChI is InChI=1S/C17H17F2N5O2/c18-17(19)24-9-11(7-22-24)14-6-15-13(2-1-3-21-15)16(23-14)26-10-12-8-20-4-5-25-12/h1-3,6-7,9,12,17,20H,4-5,8,10H2/t12-/m0/s1. The summed E-state index contributed by atoms with van der Waals surface area (Å²) in [5.41, 5.74) is 1.61. The van der Waals surface area contributed by atoms with Crippen molar-refractivity contribution < 1.29 is 18.3 Å². The zero-order valence-corrected chi connectivity index (χ0v) is 13.8. The fourth-order valence-electron chi connectivity index (χ4n) is 2.78. The highest BCUT2D eigenvalue weighted by Crippen LogP contribution is 2.28. The summed E-state index contributed by atoms with van der Waals surface area (Å²) in [6.07, 6.45) is 4.19. The molecule has 9 heteroatoms. The first-order valence-corrected chi connectivity index (χ1v) is 8.24. The third-order valence-electron chi connectivity index (χ3n) is 4.07. The minimum atomic E-state index is -2.70. The van der Waals surface area contributed by atoms with Crippen molar-refractivity contribution >= 4 is 10.9 Å². The van der Waals surface area contributed by atoms with Gasteiger partial charge < -0.3 is 14.8 Å². The van der Waals surface area contributed by atoms with Crippen LogP contribution in [0.25, 0.3) is 22.2 Å². The average molecular weight is 361 g/mol. The van der Waals surface area contributed by atoms with Crippen molar-refractivity contribution in [3.8, 4) is 17.1 Å². The van der Waals surface area contributed by atoms with Crippen LogP contribution in [0.2, 0.25) is 0 Å². The van der Waals surface area contributed by atoms with E-state index in [0.29, 0.717) is 47.1 Å². The van der Waals surface area contributed by atoms with Crippen molar-refractivity contribution in [2.24, 2.45) is 0 Å². The van der Waals surface area contributed by atoms with E-state index in [1.54, 1.807) is 18.3 Å². The number of fused-ring (bicyclic) bond motifs is 1. The van der Waals surface area contributed by atoms with E-state index >= 15 is 0 Å². The number of halogens is 2. The van der Waals surface area contributed by atoms with E-state index in [9.17, 15) is 8.78 Å². The molecule has 1 N–H and O–H groups in total. The van der Waals surface area contributed by atoms with Crippen LogP contribution in [0.4, 0.5) is 8.78 Å². The molecular weight excluding hydrogens is 344 g/mol. The van der Waals surface area contributed by atoms with Crippen LogP contribution in [0.3, 0.4) is 0 Å². The van der Waals surface area contributed by atoms with Gasteiger partial charge in [0.2, 0.25) is 5.88 Å². The summed E-state index contributed by atoms with van der Waals surface area (Å²) < 4.78 is 37.7. The molecule has 0 amide bonds. The zero-order valence-electron chi connectivity index (χ0n) is 13.8. The average Bonchev–Trinajstić information content (AvgIpc) is 3.17. The van der Waals surface area contributed by atoms with Crippen molar-refractivity contribution in [2.75, 3.05) is 26.3 Å². The Bertz CT molecular complexity index is 896. The zero-order chi connectivity index (χ0) is 17.9. The number of morpholine rings is 1. The molecule has 0 bridgehead atoms. The Morgan fingerprint density at radius 1 is 1.42 bits per heavy atom. The van der Waals surface area contributed by atoms with Gasteiger partial charge in [-0.1, -0.05) is 0 Å². The first-order chi connectivity index (χ1) is 12.7. The van der Waals surface area contributed by atoms with Crippen molar-refractivity contribution in [3.05, 3.63) is 36.8 Å². The molecule has 26 heavy (non-hydrogen) atoms. The molecule has 0 aromatic carbocycles. The molecule has 1 saturated heterocycles. The van der Waals surface area contributed by atoms with Crippen molar-refractivity contribution in [2.45, 2.75) is 12.7 Å². The smallest absolute Gasteiger partial charge is 0.333 e. The van der Waals surface area contributed by atoms with Gasteiger partial charge in [-0.15, -0.1) is 0 Å². The lowest BCUT2D eigenvalue weighted by molar-refractivity contribution is -0.000366. The Hall–Kier alpha value is -2.65. The molecule has 0 radical (unpaired) electrons. The molecule has 0 unspecified atom stereocenters. The van der Waals surface area contributed by atoms with Gasteiger partial charge in [0.25, 0.3) is 0 Å². The van der Waals surface area contributed by atoms with Gasteiger partial charge in [-0.3, -0.25) is 4.98 Å². The Morgan fingerprint density at radius 2 is 2.35 bits per heavy atom. The summed E-state index contributed by atoms with van der Waals surface area (Å²) in [5, 5.41) is 7.65. The third kappa shape index (κ3) is 3.49. The van der Waals surface area contributed by atoms with Crippen LogP contribution >= 0.6 is 0 Å². The van der Waals surface area contributed by atoms with Crippen molar-refractivity contribution in [1.29, 1.82) is 0 Å². The number of alkyl halides is 2. The topological polar surface area (TPSA) is 74.1 Å². The van der Waals surface area contributed by atoms with Crippen LogP contribution in [0.5, 0.6) is 5.88 Å². The minimum Gasteiger partial charge on any atom is -0.474 e. The summed E-state index contributed by atoms with van der Waals surface area (Å²) >= 11 is 0. The minimum absolute atomic E-state index is 0.0671. The number of hydrogen-bond acceptors (Lipinski definition) is 6. The van der Waals surface area contributed by atoms with Crippen LogP contribution < -0.4 is 10.1 Å². The maximum Gasteiger partial charge on any atom is 0.333 e. The molecule has 1 fully saturated rings.